The van der Waals surface area contributed by atoms with E-state index in [9.17, 15) is 10.5 Å². The second-order valence-electron chi connectivity index (χ2n) is 10.7. The molecule has 0 unspecified atom stereocenters. The summed E-state index contributed by atoms with van der Waals surface area (Å²) in [6, 6.07) is 46.8. The van der Waals surface area contributed by atoms with E-state index in [1.807, 2.05) is 72.8 Å². The molecule has 6 aromatic carbocycles. The molecule has 5 nitrogen and oxygen atoms in total. The number of fused-ring (bicyclic) bond motifs is 6. The van der Waals surface area contributed by atoms with E-state index in [1.54, 1.807) is 6.07 Å². The lowest BCUT2D eigenvalue weighted by atomic mass is 10.00. The molecule has 2 aromatic heterocycles. The van der Waals surface area contributed by atoms with Gasteiger partial charge in [-0.15, -0.1) is 0 Å². The van der Waals surface area contributed by atoms with Gasteiger partial charge in [0.05, 0.1) is 57.6 Å². The summed E-state index contributed by atoms with van der Waals surface area (Å²) in [5, 5.41) is 23.6. The van der Waals surface area contributed by atoms with Gasteiger partial charge in [0.2, 0.25) is 5.69 Å². The first-order valence-corrected chi connectivity index (χ1v) is 14.2. The van der Waals surface area contributed by atoms with Crippen molar-refractivity contribution in [1.82, 2.24) is 9.13 Å². The van der Waals surface area contributed by atoms with Crippen LogP contribution in [0.4, 0.5) is 5.69 Å². The van der Waals surface area contributed by atoms with Crippen LogP contribution in [0, 0.1) is 29.2 Å². The maximum absolute atomic E-state index is 9.70. The van der Waals surface area contributed by atoms with Crippen LogP contribution in [0.25, 0.3) is 71.0 Å². The highest BCUT2D eigenvalue weighted by atomic mass is 15.0. The molecule has 8 aromatic rings. The van der Waals surface area contributed by atoms with Gasteiger partial charge in [0, 0.05) is 32.8 Å². The van der Waals surface area contributed by atoms with Gasteiger partial charge in [0.15, 0.2) is 0 Å². The SMILES string of the molecule is [C-]#[N+]c1ccccc1-n1c2ccccc2c2ccc(-c3cccc4c5cc(C#N)ccc5n(-c5cccc(C#N)c5)c34)cc21. The van der Waals surface area contributed by atoms with Crippen LogP contribution in [-0.2, 0) is 0 Å². The van der Waals surface area contributed by atoms with Gasteiger partial charge in [-0.3, -0.25) is 0 Å². The van der Waals surface area contributed by atoms with E-state index < -0.39 is 0 Å². The van der Waals surface area contributed by atoms with Gasteiger partial charge in [-0.2, -0.15) is 10.5 Å². The van der Waals surface area contributed by atoms with Crippen molar-refractivity contribution in [3.8, 4) is 34.6 Å². The predicted octanol–water partition coefficient (Wildman–Crippen LogP) is 9.84. The van der Waals surface area contributed by atoms with Crippen LogP contribution in [-0.4, -0.2) is 9.13 Å². The summed E-state index contributed by atoms with van der Waals surface area (Å²) >= 11 is 0. The first kappa shape index (κ1) is 25.1. The first-order chi connectivity index (χ1) is 21.7. The fraction of sp³-hybridized carbons (Fsp3) is 0. The maximum atomic E-state index is 9.70. The molecule has 5 heteroatoms. The molecule has 2 heterocycles. The Bertz CT molecular complexity index is 2600. The Morgan fingerprint density at radius 3 is 2.14 bits per heavy atom. The molecule has 0 aliphatic heterocycles. The molecule has 0 radical (unpaired) electrons. The molecular formula is C39H21N5. The van der Waals surface area contributed by atoms with E-state index >= 15 is 0 Å². The van der Waals surface area contributed by atoms with Crippen molar-refractivity contribution in [2.45, 2.75) is 0 Å². The first-order valence-electron chi connectivity index (χ1n) is 14.2. The van der Waals surface area contributed by atoms with Gasteiger partial charge in [0.1, 0.15) is 0 Å². The Balaban J connectivity index is 1.49. The second kappa shape index (κ2) is 9.74. The van der Waals surface area contributed by atoms with Crippen molar-refractivity contribution < 1.29 is 0 Å². The predicted molar refractivity (Wildman–Crippen MR) is 176 cm³/mol. The van der Waals surface area contributed by atoms with E-state index in [0.717, 1.165) is 66.1 Å². The molecule has 0 spiro atoms. The zero-order chi connectivity index (χ0) is 29.8. The lowest BCUT2D eigenvalue weighted by molar-refractivity contribution is 1.18. The quantitative estimate of drug-likeness (QED) is 0.202. The molecule has 0 aliphatic carbocycles. The van der Waals surface area contributed by atoms with E-state index in [4.69, 9.17) is 6.57 Å². The van der Waals surface area contributed by atoms with Gasteiger partial charge in [0.25, 0.3) is 0 Å². The third-order valence-electron chi connectivity index (χ3n) is 8.38. The Kier molecular flexibility index (Phi) is 5.56. The fourth-order valence-electron chi connectivity index (χ4n) is 6.50. The third kappa shape index (κ3) is 3.63. The average molecular weight is 560 g/mol. The van der Waals surface area contributed by atoms with Gasteiger partial charge >= 0.3 is 0 Å². The molecular weight excluding hydrogens is 538 g/mol. The van der Waals surface area contributed by atoms with Gasteiger partial charge in [-0.1, -0.05) is 72.8 Å². The summed E-state index contributed by atoms with van der Waals surface area (Å²) in [4.78, 5) is 3.84. The van der Waals surface area contributed by atoms with Crippen LogP contribution in [0.1, 0.15) is 11.1 Å². The summed E-state index contributed by atoms with van der Waals surface area (Å²) in [6.07, 6.45) is 0. The molecule has 0 saturated carbocycles. The molecule has 202 valence electrons. The molecule has 0 bridgehead atoms. The average Bonchev–Trinajstić information content (AvgIpc) is 3.60. The molecule has 44 heavy (non-hydrogen) atoms. The molecule has 0 saturated heterocycles. The van der Waals surface area contributed by atoms with Crippen LogP contribution in [0.3, 0.4) is 0 Å². The van der Waals surface area contributed by atoms with Crippen LogP contribution >= 0.6 is 0 Å². The number of hydrogen-bond acceptors (Lipinski definition) is 2. The van der Waals surface area contributed by atoms with Gasteiger partial charge < -0.3 is 9.13 Å². The fourth-order valence-corrected chi connectivity index (χ4v) is 6.50. The lowest BCUT2D eigenvalue weighted by Crippen LogP contribution is -1.97. The number of benzene rings is 6. The molecule has 0 fully saturated rings. The lowest BCUT2D eigenvalue weighted by Gasteiger charge is -2.13. The van der Waals surface area contributed by atoms with Crippen molar-refractivity contribution in [1.29, 1.82) is 10.5 Å². The second-order valence-corrected chi connectivity index (χ2v) is 10.7. The molecule has 0 amide bonds. The highest BCUT2D eigenvalue weighted by Crippen LogP contribution is 2.41. The highest BCUT2D eigenvalue weighted by Gasteiger charge is 2.19. The molecule has 8 rings (SSSR count). The Morgan fingerprint density at radius 2 is 1.27 bits per heavy atom. The smallest absolute Gasteiger partial charge is 0.210 e. The van der Waals surface area contributed by atoms with Crippen molar-refractivity contribution in [3.63, 3.8) is 0 Å². The van der Waals surface area contributed by atoms with E-state index in [1.165, 1.54) is 0 Å². The van der Waals surface area contributed by atoms with Crippen molar-refractivity contribution >= 4 is 49.3 Å². The zero-order valence-corrected chi connectivity index (χ0v) is 23.4. The summed E-state index contributed by atoms with van der Waals surface area (Å²) in [5.41, 5.74) is 9.54. The van der Waals surface area contributed by atoms with Crippen LogP contribution in [0.2, 0.25) is 0 Å². The minimum atomic E-state index is 0.577. The van der Waals surface area contributed by atoms with Crippen LogP contribution < -0.4 is 0 Å². The minimum Gasteiger partial charge on any atom is -0.319 e. The Labute approximate surface area is 253 Å². The van der Waals surface area contributed by atoms with E-state index in [-0.39, 0.29) is 0 Å². The molecule has 0 aliphatic rings. The largest absolute Gasteiger partial charge is 0.319 e. The van der Waals surface area contributed by atoms with Crippen LogP contribution in [0.5, 0.6) is 0 Å². The maximum Gasteiger partial charge on any atom is 0.210 e. The van der Waals surface area contributed by atoms with Gasteiger partial charge in [-0.05, 0) is 60.2 Å². The number of hydrogen-bond donors (Lipinski definition) is 0. The summed E-state index contributed by atoms with van der Waals surface area (Å²) in [5.74, 6) is 0. The summed E-state index contributed by atoms with van der Waals surface area (Å²) in [6.45, 7) is 7.86. The number of nitrogens with zero attached hydrogens (tertiary/aromatic N) is 5. The van der Waals surface area contributed by atoms with Crippen molar-refractivity contribution in [2.24, 2.45) is 0 Å². The number of rotatable bonds is 3. The minimum absolute atomic E-state index is 0.577. The molecule has 0 atom stereocenters. The number of nitriles is 2. The Hall–Kier alpha value is -6.61. The number of aromatic nitrogens is 2. The molecule has 0 N–H and O–H groups in total. The van der Waals surface area contributed by atoms with Crippen LogP contribution in [0.15, 0.2) is 127 Å². The van der Waals surface area contributed by atoms with E-state index in [2.05, 4.69) is 74.6 Å². The van der Waals surface area contributed by atoms with Crippen molar-refractivity contribution in [3.05, 3.63) is 150 Å². The van der Waals surface area contributed by atoms with E-state index in [0.29, 0.717) is 16.8 Å². The highest BCUT2D eigenvalue weighted by molar-refractivity contribution is 6.15. The van der Waals surface area contributed by atoms with Gasteiger partial charge in [-0.25, -0.2) is 4.85 Å². The summed E-state index contributed by atoms with van der Waals surface area (Å²) < 4.78 is 4.38. The standard InChI is InChI=1S/C39H21N5/c1-42-34-13-3-5-15-37(34)44-35-14-4-2-10-30(35)31-18-17-27(22-38(31)44)29-11-7-12-32-33-21-26(24-41)16-19-36(33)43(39(29)32)28-9-6-8-25(20-28)23-40/h2-22H. The zero-order valence-electron chi connectivity index (χ0n) is 23.4. The topological polar surface area (TPSA) is 61.8 Å². The monoisotopic (exact) mass is 559 g/mol. The third-order valence-corrected chi connectivity index (χ3v) is 8.38. The Morgan fingerprint density at radius 1 is 0.545 bits per heavy atom. The van der Waals surface area contributed by atoms with Crippen molar-refractivity contribution in [2.75, 3.05) is 0 Å². The summed E-state index contributed by atoms with van der Waals surface area (Å²) in [7, 11) is 0. The number of para-hydroxylation sites is 4. The normalized spacial score (nSPS) is 11.1.